The Labute approximate surface area is 110 Å². The van der Waals surface area contributed by atoms with Gasteiger partial charge in [-0.3, -0.25) is 0 Å². The Balaban J connectivity index is 1.84. The van der Waals surface area contributed by atoms with E-state index in [1.807, 2.05) is 0 Å². The summed E-state index contributed by atoms with van der Waals surface area (Å²) in [5.74, 6) is 1.12. The molecule has 0 aliphatic carbocycles. The molecule has 1 saturated heterocycles. The topological polar surface area (TPSA) is 60.2 Å². The average Bonchev–Trinajstić information content (AvgIpc) is 2.85. The van der Waals surface area contributed by atoms with Crippen molar-refractivity contribution in [2.24, 2.45) is 0 Å². The van der Waals surface area contributed by atoms with Crippen LogP contribution in [0.15, 0.2) is 4.52 Å². The van der Waals surface area contributed by atoms with Crippen LogP contribution in [0, 0.1) is 0 Å². The van der Waals surface area contributed by atoms with Crippen LogP contribution in [0.4, 0.5) is 8.78 Å². The minimum absolute atomic E-state index is 0.132. The molecule has 7 heteroatoms. The minimum atomic E-state index is -2.44. The highest BCUT2D eigenvalue weighted by Gasteiger charge is 2.34. The lowest BCUT2D eigenvalue weighted by Crippen LogP contribution is -2.41. The van der Waals surface area contributed by atoms with Crippen molar-refractivity contribution in [3.05, 3.63) is 11.7 Å². The van der Waals surface area contributed by atoms with Gasteiger partial charge in [-0.2, -0.15) is 4.98 Å². The van der Waals surface area contributed by atoms with E-state index in [2.05, 4.69) is 22.4 Å². The predicted molar refractivity (Wildman–Crippen MR) is 64.3 cm³/mol. The van der Waals surface area contributed by atoms with Crippen LogP contribution in [0.3, 0.4) is 0 Å². The molecule has 108 valence electrons. The maximum absolute atomic E-state index is 11.9. The molecule has 1 aromatic rings. The lowest BCUT2D eigenvalue weighted by molar-refractivity contribution is 0.0182. The van der Waals surface area contributed by atoms with E-state index in [-0.39, 0.29) is 12.0 Å². The Hall–Kier alpha value is -1.08. The van der Waals surface area contributed by atoms with Crippen molar-refractivity contribution in [3.8, 4) is 0 Å². The lowest BCUT2D eigenvalue weighted by Gasteiger charge is -2.30. The van der Waals surface area contributed by atoms with Crippen LogP contribution >= 0.6 is 0 Å². The van der Waals surface area contributed by atoms with Gasteiger partial charge in [-0.25, -0.2) is 8.78 Å². The third kappa shape index (κ3) is 3.94. The van der Waals surface area contributed by atoms with Crippen molar-refractivity contribution >= 4 is 0 Å². The second-order valence-electron chi connectivity index (χ2n) is 5.07. The van der Waals surface area contributed by atoms with E-state index < -0.39 is 13.0 Å². The maximum atomic E-state index is 11.9. The number of nitrogens with zero attached hydrogens (tertiary/aromatic N) is 2. The quantitative estimate of drug-likeness (QED) is 0.798. The van der Waals surface area contributed by atoms with Crippen LogP contribution < -0.4 is 5.32 Å². The van der Waals surface area contributed by atoms with E-state index in [0.717, 1.165) is 25.9 Å². The van der Waals surface area contributed by atoms with Crippen LogP contribution in [-0.4, -0.2) is 42.9 Å². The number of halogens is 2. The molecule has 0 amide bonds. The molecule has 1 fully saturated rings. The van der Waals surface area contributed by atoms with Crippen molar-refractivity contribution in [2.75, 3.05) is 26.3 Å². The minimum Gasteiger partial charge on any atom is -0.375 e. The molecule has 0 radical (unpaired) electrons. The van der Waals surface area contributed by atoms with Gasteiger partial charge in [0.25, 0.3) is 6.43 Å². The van der Waals surface area contributed by atoms with E-state index in [0.29, 0.717) is 18.1 Å². The van der Waals surface area contributed by atoms with E-state index in [4.69, 9.17) is 9.26 Å². The Morgan fingerprint density at radius 1 is 1.53 bits per heavy atom. The molecule has 1 N–H and O–H groups in total. The summed E-state index contributed by atoms with van der Waals surface area (Å²) < 4.78 is 33.8. The molecule has 5 nitrogen and oxygen atoms in total. The third-order valence-corrected chi connectivity index (χ3v) is 3.30. The van der Waals surface area contributed by atoms with Gasteiger partial charge in [-0.15, -0.1) is 0 Å². The molecular formula is C12H19F2N3O2. The summed E-state index contributed by atoms with van der Waals surface area (Å²) in [6.07, 6.45) is 0.0302. The first kappa shape index (κ1) is 14.3. The fourth-order valence-electron chi connectivity index (χ4n) is 2.18. The fourth-order valence-corrected chi connectivity index (χ4v) is 2.18. The highest BCUT2D eigenvalue weighted by Crippen LogP contribution is 2.29. The highest BCUT2D eigenvalue weighted by molar-refractivity contribution is 5.06. The zero-order chi connectivity index (χ0) is 13.7. The second kappa shape index (κ2) is 6.38. The standard InChI is InChI=1S/C12H19F2N3O2/c1-12(4-2-5-15-8-12)11-16-10(17-19-11)3-6-18-7-9(13)14/h9,15H,2-8H2,1H3. The number of piperidine rings is 1. The Morgan fingerprint density at radius 3 is 3.05 bits per heavy atom. The first-order valence-corrected chi connectivity index (χ1v) is 6.50. The smallest absolute Gasteiger partial charge is 0.261 e. The van der Waals surface area contributed by atoms with E-state index >= 15 is 0 Å². The number of hydrogen-bond acceptors (Lipinski definition) is 5. The molecule has 2 heterocycles. The molecule has 0 aromatic carbocycles. The van der Waals surface area contributed by atoms with Crippen LogP contribution in [0.2, 0.25) is 0 Å². The van der Waals surface area contributed by atoms with Gasteiger partial charge < -0.3 is 14.6 Å². The Bertz CT molecular complexity index is 392. The summed E-state index contributed by atoms with van der Waals surface area (Å²) in [6, 6.07) is 0. The van der Waals surface area contributed by atoms with Gasteiger partial charge in [0.2, 0.25) is 5.89 Å². The van der Waals surface area contributed by atoms with Gasteiger partial charge in [0.15, 0.2) is 5.82 Å². The van der Waals surface area contributed by atoms with Gasteiger partial charge in [0.1, 0.15) is 6.61 Å². The maximum Gasteiger partial charge on any atom is 0.261 e. The zero-order valence-corrected chi connectivity index (χ0v) is 11.0. The van der Waals surface area contributed by atoms with Gasteiger partial charge in [-0.05, 0) is 26.3 Å². The van der Waals surface area contributed by atoms with Crippen molar-refractivity contribution in [3.63, 3.8) is 0 Å². The number of ether oxygens (including phenoxy) is 1. The Kier molecular flexibility index (Phi) is 4.81. The van der Waals surface area contributed by atoms with Crippen molar-refractivity contribution < 1.29 is 18.0 Å². The summed E-state index contributed by atoms with van der Waals surface area (Å²) in [7, 11) is 0. The van der Waals surface area contributed by atoms with Crippen molar-refractivity contribution in [2.45, 2.75) is 38.0 Å². The largest absolute Gasteiger partial charge is 0.375 e. The highest BCUT2D eigenvalue weighted by atomic mass is 19.3. The summed E-state index contributed by atoms with van der Waals surface area (Å²) in [5, 5.41) is 7.18. The number of rotatable bonds is 6. The van der Waals surface area contributed by atoms with Crippen molar-refractivity contribution in [1.29, 1.82) is 0 Å². The number of hydrogen-bond donors (Lipinski definition) is 1. The monoisotopic (exact) mass is 275 g/mol. The second-order valence-corrected chi connectivity index (χ2v) is 5.07. The fraction of sp³-hybridized carbons (Fsp3) is 0.833. The molecule has 1 aromatic heterocycles. The summed E-state index contributed by atoms with van der Waals surface area (Å²) in [5.41, 5.74) is -0.132. The van der Waals surface area contributed by atoms with Gasteiger partial charge in [-0.1, -0.05) is 5.16 Å². The van der Waals surface area contributed by atoms with E-state index in [1.165, 1.54) is 0 Å². The van der Waals surface area contributed by atoms with Crippen LogP contribution in [0.5, 0.6) is 0 Å². The average molecular weight is 275 g/mol. The summed E-state index contributed by atoms with van der Waals surface area (Å²) in [4.78, 5) is 4.34. The van der Waals surface area contributed by atoms with Crippen LogP contribution in [-0.2, 0) is 16.6 Å². The van der Waals surface area contributed by atoms with E-state index in [1.54, 1.807) is 0 Å². The first-order chi connectivity index (χ1) is 9.10. The predicted octanol–water partition coefficient (Wildman–Crippen LogP) is 1.53. The molecule has 1 aliphatic rings. The molecule has 0 spiro atoms. The van der Waals surface area contributed by atoms with Gasteiger partial charge in [0, 0.05) is 13.0 Å². The van der Waals surface area contributed by atoms with Crippen LogP contribution in [0.25, 0.3) is 0 Å². The molecule has 2 rings (SSSR count). The summed E-state index contributed by atoms with van der Waals surface area (Å²) in [6.45, 7) is 3.54. The first-order valence-electron chi connectivity index (χ1n) is 6.50. The SMILES string of the molecule is CC1(c2nc(CCOCC(F)F)no2)CCCNC1. The number of alkyl halides is 2. The molecule has 0 bridgehead atoms. The van der Waals surface area contributed by atoms with Crippen molar-refractivity contribution in [1.82, 2.24) is 15.5 Å². The molecule has 1 aliphatic heterocycles. The Morgan fingerprint density at radius 2 is 2.37 bits per heavy atom. The number of nitrogens with one attached hydrogen (secondary N) is 1. The van der Waals surface area contributed by atoms with Gasteiger partial charge in [0.05, 0.1) is 12.0 Å². The normalized spacial score (nSPS) is 24.0. The van der Waals surface area contributed by atoms with Crippen LogP contribution in [0.1, 0.15) is 31.5 Å². The molecule has 1 unspecified atom stereocenters. The lowest BCUT2D eigenvalue weighted by atomic mass is 9.83. The van der Waals surface area contributed by atoms with Gasteiger partial charge >= 0.3 is 0 Å². The molecule has 0 saturated carbocycles. The number of aromatic nitrogens is 2. The molecular weight excluding hydrogens is 256 g/mol. The van der Waals surface area contributed by atoms with E-state index in [9.17, 15) is 8.78 Å². The summed E-state index contributed by atoms with van der Waals surface area (Å²) >= 11 is 0. The molecule has 1 atom stereocenters. The third-order valence-electron chi connectivity index (χ3n) is 3.30. The zero-order valence-electron chi connectivity index (χ0n) is 11.0. The molecule has 19 heavy (non-hydrogen) atoms.